The van der Waals surface area contributed by atoms with E-state index in [0.717, 1.165) is 11.4 Å². The van der Waals surface area contributed by atoms with Crippen LogP contribution in [0.3, 0.4) is 0 Å². The molecule has 1 aliphatic heterocycles. The molecule has 16 heavy (non-hydrogen) atoms. The van der Waals surface area contributed by atoms with E-state index in [2.05, 4.69) is 0 Å². The molecule has 0 fully saturated rings. The van der Waals surface area contributed by atoms with Crippen molar-refractivity contribution in [1.82, 2.24) is 0 Å². The number of nitrogens with two attached hydrogens (primary N) is 1. The number of hydrogen-bond donors (Lipinski definition) is 1. The fourth-order valence-electron chi connectivity index (χ4n) is 1.75. The molecule has 1 heterocycles. The van der Waals surface area contributed by atoms with Gasteiger partial charge >= 0.3 is 0 Å². The van der Waals surface area contributed by atoms with Crippen molar-refractivity contribution < 1.29 is 0 Å². The Morgan fingerprint density at radius 3 is 2.25 bits per heavy atom. The third kappa shape index (κ3) is 1.20. The maximum Gasteiger partial charge on any atom is 0.171 e. The van der Waals surface area contributed by atoms with Gasteiger partial charge in [0.2, 0.25) is 0 Å². The maximum atomic E-state index is 8.86. The van der Waals surface area contributed by atoms with E-state index in [1.165, 1.54) is 5.01 Å². The van der Waals surface area contributed by atoms with Crippen LogP contribution in [0.4, 0.5) is 11.4 Å². The largest absolute Gasteiger partial charge is 0.326 e. The lowest BCUT2D eigenvalue weighted by atomic mass is 10.3. The average Bonchev–Trinajstić information content (AvgIpc) is 2.57. The second-order valence-corrected chi connectivity index (χ2v) is 3.34. The summed E-state index contributed by atoms with van der Waals surface area (Å²) >= 11 is 0. The van der Waals surface area contributed by atoms with Crippen molar-refractivity contribution in [1.29, 1.82) is 10.5 Å². The van der Waals surface area contributed by atoms with E-state index in [9.17, 15) is 0 Å². The molecule has 0 amide bonds. The lowest BCUT2D eigenvalue weighted by Crippen LogP contribution is -2.32. The summed E-state index contributed by atoms with van der Waals surface area (Å²) in [6, 6.07) is 11.1. The van der Waals surface area contributed by atoms with Gasteiger partial charge in [-0.2, -0.15) is 10.5 Å². The van der Waals surface area contributed by atoms with Crippen LogP contribution in [0, 0.1) is 22.7 Å². The number of allylic oxidation sites excluding steroid dienone is 1. The first-order chi connectivity index (χ1) is 7.70. The second kappa shape index (κ2) is 3.58. The van der Waals surface area contributed by atoms with Crippen LogP contribution in [0.5, 0.6) is 0 Å². The highest BCUT2D eigenvalue weighted by Crippen LogP contribution is 2.38. The molecule has 78 valence electrons. The van der Waals surface area contributed by atoms with Crippen molar-refractivity contribution in [3.8, 4) is 12.1 Å². The van der Waals surface area contributed by atoms with Crippen molar-refractivity contribution in [2.75, 3.05) is 17.0 Å². The first kappa shape index (κ1) is 10.0. The molecule has 0 atom stereocenters. The summed E-state index contributed by atoms with van der Waals surface area (Å²) in [5.74, 6) is 6.27. The van der Waals surface area contributed by atoms with E-state index >= 15 is 0 Å². The Hall–Kier alpha value is -2.50. The van der Waals surface area contributed by atoms with Gasteiger partial charge in [0.25, 0.3) is 0 Å². The molecule has 0 saturated heterocycles. The SMILES string of the molecule is CN1C(=C(C#N)C#N)N(N)c2ccccc21. The Kier molecular flexibility index (Phi) is 2.24. The normalized spacial score (nSPS) is 13.1. The van der Waals surface area contributed by atoms with Gasteiger partial charge in [-0.1, -0.05) is 12.1 Å². The van der Waals surface area contributed by atoms with Crippen LogP contribution in [0.1, 0.15) is 0 Å². The Labute approximate surface area is 93.2 Å². The van der Waals surface area contributed by atoms with E-state index in [4.69, 9.17) is 16.4 Å². The molecule has 5 nitrogen and oxygen atoms in total. The van der Waals surface area contributed by atoms with Crippen molar-refractivity contribution in [3.05, 3.63) is 35.7 Å². The van der Waals surface area contributed by atoms with Crippen LogP contribution in [0.15, 0.2) is 35.7 Å². The zero-order chi connectivity index (χ0) is 11.7. The second-order valence-electron chi connectivity index (χ2n) is 3.34. The van der Waals surface area contributed by atoms with Gasteiger partial charge in [0.15, 0.2) is 11.4 Å². The number of nitriles is 2. The highest BCUT2D eigenvalue weighted by molar-refractivity contribution is 5.82. The Balaban J connectivity index is 2.65. The van der Waals surface area contributed by atoms with Crippen molar-refractivity contribution in [2.45, 2.75) is 0 Å². The molecule has 0 unspecified atom stereocenters. The molecule has 0 saturated carbocycles. The number of benzene rings is 1. The summed E-state index contributed by atoms with van der Waals surface area (Å²) in [5.41, 5.74) is 1.66. The van der Waals surface area contributed by atoms with Gasteiger partial charge in [-0.15, -0.1) is 0 Å². The summed E-state index contributed by atoms with van der Waals surface area (Å²) < 4.78 is 0. The smallest absolute Gasteiger partial charge is 0.171 e. The molecule has 0 spiro atoms. The highest BCUT2D eigenvalue weighted by atomic mass is 15.5. The van der Waals surface area contributed by atoms with Crippen molar-refractivity contribution >= 4 is 11.4 Å². The first-order valence-corrected chi connectivity index (χ1v) is 4.62. The van der Waals surface area contributed by atoms with Gasteiger partial charge in [0, 0.05) is 7.05 Å². The quantitative estimate of drug-likeness (QED) is 0.513. The molecule has 1 aliphatic rings. The molecule has 0 aliphatic carbocycles. The van der Waals surface area contributed by atoms with Crippen LogP contribution >= 0.6 is 0 Å². The monoisotopic (exact) mass is 211 g/mol. The molecule has 1 aromatic rings. The predicted octanol–water partition coefficient (Wildman–Crippen LogP) is 1.08. The topological polar surface area (TPSA) is 80.1 Å². The van der Waals surface area contributed by atoms with Crippen LogP contribution < -0.4 is 15.8 Å². The Morgan fingerprint density at radius 2 is 1.75 bits per heavy atom. The van der Waals surface area contributed by atoms with Crippen LogP contribution in [-0.4, -0.2) is 7.05 Å². The van der Waals surface area contributed by atoms with E-state index in [1.807, 2.05) is 36.4 Å². The highest BCUT2D eigenvalue weighted by Gasteiger charge is 2.29. The lowest BCUT2D eigenvalue weighted by molar-refractivity contribution is 0.971. The molecular formula is C11H9N5. The Morgan fingerprint density at radius 1 is 1.19 bits per heavy atom. The minimum atomic E-state index is 0.00111. The number of hydrazine groups is 1. The molecule has 0 bridgehead atoms. The van der Waals surface area contributed by atoms with Crippen molar-refractivity contribution in [3.63, 3.8) is 0 Å². The molecule has 1 aromatic carbocycles. The number of para-hydroxylation sites is 2. The molecule has 0 aromatic heterocycles. The van der Waals surface area contributed by atoms with E-state index in [-0.39, 0.29) is 5.57 Å². The minimum Gasteiger partial charge on any atom is -0.326 e. The standard InChI is InChI=1S/C11H9N5/c1-15-9-4-2-3-5-10(9)16(14)11(15)8(6-12)7-13/h2-5H,14H2,1H3. The van der Waals surface area contributed by atoms with Crippen LogP contribution in [-0.2, 0) is 0 Å². The van der Waals surface area contributed by atoms with Gasteiger partial charge in [-0.25, -0.2) is 5.84 Å². The predicted molar refractivity (Wildman–Crippen MR) is 59.8 cm³/mol. The Bertz CT molecular complexity index is 499. The summed E-state index contributed by atoms with van der Waals surface area (Å²) in [6.45, 7) is 0. The van der Waals surface area contributed by atoms with Gasteiger partial charge in [0.1, 0.15) is 12.1 Å². The molecule has 2 N–H and O–H groups in total. The molecule has 5 heteroatoms. The summed E-state index contributed by atoms with van der Waals surface area (Å²) in [6.07, 6.45) is 0. The van der Waals surface area contributed by atoms with Crippen molar-refractivity contribution in [2.24, 2.45) is 5.84 Å². The zero-order valence-corrected chi connectivity index (χ0v) is 8.68. The summed E-state index contributed by atoms with van der Waals surface area (Å²) in [4.78, 5) is 1.73. The molecule has 2 rings (SSSR count). The fourth-order valence-corrected chi connectivity index (χ4v) is 1.75. The fraction of sp³-hybridized carbons (Fsp3) is 0.0909. The van der Waals surface area contributed by atoms with E-state index < -0.39 is 0 Å². The lowest BCUT2D eigenvalue weighted by Gasteiger charge is -2.17. The zero-order valence-electron chi connectivity index (χ0n) is 8.68. The molecular weight excluding hydrogens is 202 g/mol. The summed E-state index contributed by atoms with van der Waals surface area (Å²) in [5, 5.41) is 19.1. The van der Waals surface area contributed by atoms with Gasteiger partial charge < -0.3 is 4.90 Å². The van der Waals surface area contributed by atoms with Crippen LogP contribution in [0.2, 0.25) is 0 Å². The number of nitrogens with zero attached hydrogens (tertiary/aromatic N) is 4. The van der Waals surface area contributed by atoms with Gasteiger partial charge in [0.05, 0.1) is 11.4 Å². The number of hydrogen-bond acceptors (Lipinski definition) is 5. The van der Waals surface area contributed by atoms with Gasteiger partial charge in [-0.05, 0) is 12.1 Å². The van der Waals surface area contributed by atoms with E-state index in [1.54, 1.807) is 11.9 Å². The first-order valence-electron chi connectivity index (χ1n) is 4.62. The average molecular weight is 211 g/mol. The van der Waals surface area contributed by atoms with Crippen LogP contribution in [0.25, 0.3) is 0 Å². The molecule has 0 radical (unpaired) electrons. The van der Waals surface area contributed by atoms with Gasteiger partial charge in [-0.3, -0.25) is 5.01 Å². The number of rotatable bonds is 0. The van der Waals surface area contributed by atoms with E-state index in [0.29, 0.717) is 5.82 Å². The number of anilines is 2. The summed E-state index contributed by atoms with van der Waals surface area (Å²) in [7, 11) is 1.77. The third-order valence-electron chi connectivity index (χ3n) is 2.50. The third-order valence-corrected chi connectivity index (χ3v) is 2.50. The maximum absolute atomic E-state index is 8.86. The number of fused-ring (bicyclic) bond motifs is 1. The minimum absolute atomic E-state index is 0.00111.